The highest BCUT2D eigenvalue weighted by Gasteiger charge is 2.16. The van der Waals surface area contributed by atoms with E-state index in [0.29, 0.717) is 24.7 Å². The Bertz CT molecular complexity index is 743. The molecule has 0 bridgehead atoms. The number of urea groups is 1. The molecular weight excluding hydrogens is 367 g/mol. The highest BCUT2D eigenvalue weighted by atomic mass is 32.1. The molecule has 3 rings (SSSR count). The van der Waals surface area contributed by atoms with E-state index in [9.17, 15) is 14.3 Å². The van der Waals surface area contributed by atoms with Gasteiger partial charge in [0.1, 0.15) is 5.82 Å². The molecule has 1 saturated carbocycles. The minimum absolute atomic E-state index is 0.0249. The van der Waals surface area contributed by atoms with Crippen molar-refractivity contribution in [2.75, 3.05) is 17.2 Å². The van der Waals surface area contributed by atoms with E-state index in [1.165, 1.54) is 61.3 Å². The highest BCUT2D eigenvalue weighted by molar-refractivity contribution is 7.15. The Labute approximate surface area is 162 Å². The molecule has 2 amide bonds. The van der Waals surface area contributed by atoms with Crippen LogP contribution in [0.4, 0.5) is 20.0 Å². The third kappa shape index (κ3) is 6.09. The van der Waals surface area contributed by atoms with Crippen LogP contribution in [0.2, 0.25) is 0 Å². The zero-order valence-corrected chi connectivity index (χ0v) is 15.9. The molecule has 1 heterocycles. The molecule has 0 radical (unpaired) electrons. The third-order valence-corrected chi connectivity index (χ3v) is 5.63. The van der Waals surface area contributed by atoms with E-state index in [0.717, 1.165) is 22.9 Å². The van der Waals surface area contributed by atoms with Crippen molar-refractivity contribution in [3.05, 3.63) is 35.0 Å². The van der Waals surface area contributed by atoms with Crippen LogP contribution in [0.1, 0.15) is 43.4 Å². The van der Waals surface area contributed by atoms with Crippen LogP contribution in [-0.4, -0.2) is 28.7 Å². The van der Waals surface area contributed by atoms with E-state index in [4.69, 9.17) is 0 Å². The average Bonchev–Trinajstić information content (AvgIpc) is 2.83. The zero-order chi connectivity index (χ0) is 19.1. The molecule has 1 aromatic carbocycles. The van der Waals surface area contributed by atoms with Gasteiger partial charge in [0.25, 0.3) is 0 Å². The molecule has 1 aromatic heterocycles. The van der Waals surface area contributed by atoms with Crippen LogP contribution in [0.15, 0.2) is 24.3 Å². The van der Waals surface area contributed by atoms with E-state index in [1.807, 2.05) is 0 Å². The Morgan fingerprint density at radius 3 is 2.59 bits per heavy atom. The number of anilines is 2. The lowest BCUT2D eigenvalue weighted by atomic mass is 10.1. The lowest BCUT2D eigenvalue weighted by Gasteiger charge is -2.14. The summed E-state index contributed by atoms with van der Waals surface area (Å²) in [6.07, 6.45) is 7.81. The predicted octanol–water partition coefficient (Wildman–Crippen LogP) is 4.49. The molecule has 1 aliphatic carbocycles. The summed E-state index contributed by atoms with van der Waals surface area (Å²) in [6, 6.07) is 5.61. The molecule has 6 nitrogen and oxygen atoms in total. The second kappa shape index (κ2) is 9.55. The number of rotatable bonds is 6. The van der Waals surface area contributed by atoms with Crippen LogP contribution >= 0.6 is 11.3 Å². The van der Waals surface area contributed by atoms with Gasteiger partial charge in [0, 0.05) is 24.7 Å². The van der Waals surface area contributed by atoms with Gasteiger partial charge < -0.3 is 21.1 Å². The maximum absolute atomic E-state index is 12.9. The van der Waals surface area contributed by atoms with E-state index in [2.05, 4.69) is 20.9 Å². The van der Waals surface area contributed by atoms with Gasteiger partial charge >= 0.3 is 6.03 Å². The summed E-state index contributed by atoms with van der Waals surface area (Å²) >= 11 is 1.43. The smallest absolute Gasteiger partial charge is 0.319 e. The van der Waals surface area contributed by atoms with E-state index in [-0.39, 0.29) is 17.7 Å². The minimum Gasteiger partial charge on any atom is -0.492 e. The Hall–Kier alpha value is -2.35. The van der Waals surface area contributed by atoms with Crippen LogP contribution in [0.5, 0.6) is 5.88 Å². The summed E-state index contributed by atoms with van der Waals surface area (Å²) in [7, 11) is 0. The fourth-order valence-corrected chi connectivity index (χ4v) is 4.10. The van der Waals surface area contributed by atoms with Gasteiger partial charge in [-0.3, -0.25) is 0 Å². The number of amides is 2. The Morgan fingerprint density at radius 1 is 1.19 bits per heavy atom. The van der Waals surface area contributed by atoms with Crippen LogP contribution in [-0.2, 0) is 6.42 Å². The molecule has 146 valence electrons. The first-order chi connectivity index (χ1) is 13.1. The molecule has 2 aromatic rings. The monoisotopic (exact) mass is 392 g/mol. The Balaban J connectivity index is 1.44. The number of halogens is 1. The van der Waals surface area contributed by atoms with E-state index in [1.54, 1.807) is 0 Å². The molecular formula is C19H25FN4O2S. The van der Waals surface area contributed by atoms with Crippen molar-refractivity contribution in [2.45, 2.75) is 51.0 Å². The standard InChI is InChI=1S/C19H25FN4O2S/c20-13-7-9-15(10-8-13)22-18(26)21-12-11-16-17(25)24-19(27-16)23-14-5-3-1-2-4-6-14/h7-10,14,25H,1-6,11-12H2,(H,23,24)(H2,21,22,26). The number of thiazole rings is 1. The van der Waals surface area contributed by atoms with Crippen LogP contribution in [0, 0.1) is 5.82 Å². The molecule has 1 aliphatic rings. The highest BCUT2D eigenvalue weighted by Crippen LogP contribution is 2.30. The van der Waals surface area contributed by atoms with Crippen LogP contribution < -0.4 is 16.0 Å². The van der Waals surface area contributed by atoms with Crippen molar-refractivity contribution >= 4 is 28.2 Å². The molecule has 0 aliphatic heterocycles. The summed E-state index contributed by atoms with van der Waals surface area (Å²) in [5, 5.41) is 19.6. The fourth-order valence-electron chi connectivity index (χ4n) is 3.16. The van der Waals surface area contributed by atoms with Crippen molar-refractivity contribution < 1.29 is 14.3 Å². The third-order valence-electron chi connectivity index (χ3n) is 4.60. The van der Waals surface area contributed by atoms with Gasteiger partial charge in [0.05, 0.1) is 4.88 Å². The molecule has 0 atom stereocenters. The maximum Gasteiger partial charge on any atom is 0.319 e. The van der Waals surface area contributed by atoms with Gasteiger partial charge in [0.2, 0.25) is 5.88 Å². The first-order valence-electron chi connectivity index (χ1n) is 9.36. The number of aromatic hydroxyl groups is 1. The largest absolute Gasteiger partial charge is 0.492 e. The molecule has 0 unspecified atom stereocenters. The molecule has 0 saturated heterocycles. The minimum atomic E-state index is -0.373. The molecule has 1 fully saturated rings. The first-order valence-corrected chi connectivity index (χ1v) is 10.2. The predicted molar refractivity (Wildman–Crippen MR) is 106 cm³/mol. The van der Waals surface area contributed by atoms with Gasteiger partial charge in [0.15, 0.2) is 5.13 Å². The number of nitrogens with zero attached hydrogens (tertiary/aromatic N) is 1. The van der Waals surface area contributed by atoms with Crippen molar-refractivity contribution in [2.24, 2.45) is 0 Å². The van der Waals surface area contributed by atoms with E-state index >= 15 is 0 Å². The molecule has 0 spiro atoms. The topological polar surface area (TPSA) is 86.3 Å². The van der Waals surface area contributed by atoms with Gasteiger partial charge in [-0.1, -0.05) is 37.0 Å². The fraction of sp³-hybridized carbons (Fsp3) is 0.474. The van der Waals surface area contributed by atoms with Gasteiger partial charge in [-0.15, -0.1) is 0 Å². The lowest BCUT2D eigenvalue weighted by Crippen LogP contribution is -2.30. The van der Waals surface area contributed by atoms with Crippen molar-refractivity contribution in [1.29, 1.82) is 0 Å². The Kier molecular flexibility index (Phi) is 6.86. The second-order valence-electron chi connectivity index (χ2n) is 6.74. The van der Waals surface area contributed by atoms with Crippen LogP contribution in [0.3, 0.4) is 0 Å². The quantitative estimate of drug-likeness (QED) is 0.546. The summed E-state index contributed by atoms with van der Waals surface area (Å²) in [5.41, 5.74) is 0.518. The summed E-state index contributed by atoms with van der Waals surface area (Å²) in [4.78, 5) is 16.8. The number of benzene rings is 1. The lowest BCUT2D eigenvalue weighted by molar-refractivity contribution is 0.252. The zero-order valence-electron chi connectivity index (χ0n) is 15.1. The van der Waals surface area contributed by atoms with Gasteiger partial charge in [-0.25, -0.2) is 9.18 Å². The SMILES string of the molecule is O=C(NCCc1sc(NC2CCCCCC2)nc1O)Nc1ccc(F)cc1. The first kappa shape index (κ1) is 19.4. The van der Waals surface area contributed by atoms with Gasteiger partial charge in [-0.05, 0) is 37.1 Å². The summed E-state index contributed by atoms with van der Waals surface area (Å²) in [5.74, 6) is -0.327. The second-order valence-corrected chi connectivity index (χ2v) is 7.82. The number of nitrogens with one attached hydrogen (secondary N) is 3. The van der Waals surface area contributed by atoms with Crippen molar-refractivity contribution in [3.8, 4) is 5.88 Å². The van der Waals surface area contributed by atoms with E-state index < -0.39 is 0 Å². The maximum atomic E-state index is 12.9. The number of carbonyl (C=O) groups excluding carboxylic acids is 1. The van der Waals surface area contributed by atoms with Gasteiger partial charge in [-0.2, -0.15) is 4.98 Å². The normalized spacial score (nSPS) is 15.1. The van der Waals surface area contributed by atoms with Crippen molar-refractivity contribution in [3.63, 3.8) is 0 Å². The Morgan fingerprint density at radius 2 is 1.89 bits per heavy atom. The number of hydrogen-bond donors (Lipinski definition) is 4. The summed E-state index contributed by atoms with van der Waals surface area (Å²) in [6.45, 7) is 0.367. The van der Waals surface area contributed by atoms with Crippen LogP contribution in [0.25, 0.3) is 0 Å². The number of carbonyl (C=O) groups is 1. The number of aromatic nitrogens is 1. The molecule has 4 N–H and O–H groups in total. The molecule has 27 heavy (non-hydrogen) atoms. The average molecular weight is 392 g/mol. The molecule has 8 heteroatoms. The van der Waals surface area contributed by atoms with Crippen molar-refractivity contribution in [1.82, 2.24) is 10.3 Å². The summed E-state index contributed by atoms with van der Waals surface area (Å²) < 4.78 is 12.9. The number of hydrogen-bond acceptors (Lipinski definition) is 5.